The zero-order valence-electron chi connectivity index (χ0n) is 54.5. The zero-order valence-corrected chi connectivity index (χ0v) is 56.3. The molecule has 1 aliphatic carbocycles. The van der Waals surface area contributed by atoms with Crippen LogP contribution in [0.1, 0.15) is 79.7 Å². The van der Waals surface area contributed by atoms with Gasteiger partial charge in [-0.1, -0.05) is 79.7 Å². The highest BCUT2D eigenvalue weighted by molar-refractivity contribution is 7.80. The number of thiol groups is 2. The number of rotatable bonds is 33. The average Bonchev–Trinajstić information content (AvgIpc) is 1.70. The summed E-state index contributed by atoms with van der Waals surface area (Å²) in [5, 5.41) is 55.7. The van der Waals surface area contributed by atoms with Gasteiger partial charge in [-0.3, -0.25) is 38.4 Å². The van der Waals surface area contributed by atoms with E-state index in [1.54, 1.807) is 55.6 Å². The number of carboxylic acid groups (broad SMARTS) is 1. The zero-order chi connectivity index (χ0) is 70.0. The second-order valence-corrected chi connectivity index (χ2v) is 25.6. The SMILES string of the molecule is CC[C@H](NC(=O)[C@H](CCCCN)NC(=O)[C@@H](Cc1c[nH]c2ccccc12)NC(=O)[C@H](Cc1ccc(O)cc1)NC(=O)[C@H](CS)NC(=O)[C@@H](Cc1ccccc1)NC(=O)CN(C)C(=O)N[C@H]1CC2c3cccc4[nH]cc(c34)CC2N(C)C1)C(=O)N[C@@H](CS)C(=O)N[C@H](C(=O)O)[C@@H](C)O. The smallest absolute Gasteiger partial charge is 0.328 e. The number of unbranched alkanes of at least 4 members (excludes halogenated alkanes) is 1. The number of hydrogen-bond acceptors (Lipinski definition) is 16. The van der Waals surface area contributed by atoms with Gasteiger partial charge in [-0.2, -0.15) is 25.3 Å². The molecule has 2 aromatic heterocycles. The number of likely N-dealkylation sites (tertiary alicyclic amines) is 1. The summed E-state index contributed by atoms with van der Waals surface area (Å²) in [4.78, 5) is 150. The van der Waals surface area contributed by atoms with Crippen LogP contribution in [0.4, 0.5) is 4.79 Å². The molecule has 10 amide bonds. The molecule has 29 heteroatoms. The highest BCUT2D eigenvalue weighted by Gasteiger charge is 2.41. The maximum absolute atomic E-state index is 15.0. The molecule has 16 N–H and O–H groups in total. The van der Waals surface area contributed by atoms with Crippen molar-refractivity contribution >= 4 is 106 Å². The number of carboxylic acids is 1. The quantitative estimate of drug-likeness (QED) is 0.0203. The number of aliphatic carboxylic acids is 1. The summed E-state index contributed by atoms with van der Waals surface area (Å²) in [7, 11) is 3.54. The molecule has 520 valence electrons. The molecular weight excluding hydrogens is 1280 g/mol. The van der Waals surface area contributed by atoms with E-state index in [9.17, 15) is 58.5 Å². The van der Waals surface area contributed by atoms with Gasteiger partial charge in [-0.25, -0.2) is 9.59 Å². The largest absolute Gasteiger partial charge is 0.508 e. The molecule has 4 aromatic carbocycles. The van der Waals surface area contributed by atoms with Crippen molar-refractivity contribution in [2.24, 2.45) is 5.73 Å². The molecule has 8 rings (SSSR count). The minimum Gasteiger partial charge on any atom is -0.508 e. The first-order chi connectivity index (χ1) is 46.5. The van der Waals surface area contributed by atoms with Crippen LogP contribution in [-0.4, -0.2) is 206 Å². The molecule has 1 saturated heterocycles. The maximum Gasteiger partial charge on any atom is 0.328 e. The number of aromatic amines is 2. The first-order valence-electron chi connectivity index (χ1n) is 32.4. The van der Waals surface area contributed by atoms with E-state index >= 15 is 4.79 Å². The number of aliphatic hydroxyl groups excluding tert-OH is 1. The van der Waals surface area contributed by atoms with Crippen LogP contribution in [0.15, 0.2) is 109 Å². The second kappa shape index (κ2) is 34.7. The number of fused-ring (bicyclic) bond motifs is 3. The van der Waals surface area contributed by atoms with Gasteiger partial charge in [0.15, 0.2) is 6.04 Å². The van der Waals surface area contributed by atoms with E-state index in [4.69, 9.17) is 5.73 Å². The number of carbonyl (C=O) groups excluding carboxylic acids is 9. The van der Waals surface area contributed by atoms with Gasteiger partial charge in [0, 0.05) is 96.6 Å². The number of carbonyl (C=O) groups is 10. The first-order valence-corrected chi connectivity index (χ1v) is 33.7. The summed E-state index contributed by atoms with van der Waals surface area (Å²) in [6, 6.07) is 16.2. The number of aliphatic hydroxyl groups is 1. The van der Waals surface area contributed by atoms with E-state index in [0.29, 0.717) is 53.4 Å². The van der Waals surface area contributed by atoms with Crippen molar-refractivity contribution in [1.29, 1.82) is 0 Å². The van der Waals surface area contributed by atoms with E-state index in [2.05, 4.69) is 113 Å². The van der Waals surface area contributed by atoms with Crippen LogP contribution in [0.5, 0.6) is 5.75 Å². The second-order valence-electron chi connectivity index (χ2n) is 24.9. The van der Waals surface area contributed by atoms with Gasteiger partial charge in [0.25, 0.3) is 0 Å². The van der Waals surface area contributed by atoms with Crippen molar-refractivity contribution in [1.82, 2.24) is 67.6 Å². The van der Waals surface area contributed by atoms with Gasteiger partial charge in [0.05, 0.1) is 6.10 Å². The Labute approximate surface area is 572 Å². The number of H-pyrrole nitrogens is 2. The van der Waals surface area contributed by atoms with Crippen LogP contribution in [0.25, 0.3) is 21.8 Å². The molecule has 0 spiro atoms. The fourth-order valence-corrected chi connectivity index (χ4v) is 13.0. The topological polar surface area (TPSA) is 404 Å². The predicted octanol–water partition coefficient (Wildman–Crippen LogP) is 1.18. The Morgan fingerprint density at radius 1 is 0.639 bits per heavy atom. The summed E-state index contributed by atoms with van der Waals surface area (Å²) in [6.45, 7) is 3.15. The van der Waals surface area contributed by atoms with E-state index in [0.717, 1.165) is 11.9 Å². The number of nitrogens with one attached hydrogen (secondary N) is 11. The number of phenols is 1. The molecule has 2 aliphatic rings. The van der Waals surface area contributed by atoms with Crippen LogP contribution in [0.2, 0.25) is 0 Å². The summed E-state index contributed by atoms with van der Waals surface area (Å²) in [6.07, 6.45) is 4.14. The summed E-state index contributed by atoms with van der Waals surface area (Å²) in [5.74, 6) is -8.72. The first kappa shape index (κ1) is 73.6. The number of nitrogens with two attached hydrogens (primary N) is 1. The minimum atomic E-state index is -1.70. The van der Waals surface area contributed by atoms with Gasteiger partial charge in [0.2, 0.25) is 47.3 Å². The number of benzene rings is 4. The Morgan fingerprint density at radius 2 is 1.18 bits per heavy atom. The summed E-state index contributed by atoms with van der Waals surface area (Å²) >= 11 is 8.60. The van der Waals surface area contributed by atoms with Gasteiger partial charge in [-0.15, -0.1) is 0 Å². The van der Waals surface area contributed by atoms with Crippen molar-refractivity contribution < 1.29 is 63.3 Å². The molecule has 0 bridgehead atoms. The molecule has 2 unspecified atom stereocenters. The number of nitrogens with zero attached hydrogens (tertiary/aromatic N) is 2. The number of amides is 10. The molecule has 3 heterocycles. The van der Waals surface area contributed by atoms with Crippen LogP contribution in [-0.2, 0) is 68.8 Å². The summed E-state index contributed by atoms with van der Waals surface area (Å²) in [5.41, 5.74) is 11.8. The predicted molar refractivity (Wildman–Crippen MR) is 370 cm³/mol. The molecule has 97 heavy (non-hydrogen) atoms. The third kappa shape index (κ3) is 19.5. The number of aromatic nitrogens is 2. The van der Waals surface area contributed by atoms with Gasteiger partial charge < -0.3 is 88.7 Å². The van der Waals surface area contributed by atoms with Gasteiger partial charge >= 0.3 is 12.0 Å². The van der Waals surface area contributed by atoms with E-state index in [1.165, 1.54) is 59.6 Å². The fourth-order valence-electron chi connectivity index (χ4n) is 12.5. The molecular formula is C68H88N14O13S2. The Hall–Kier alpha value is -9.16. The third-order valence-corrected chi connectivity index (χ3v) is 18.5. The van der Waals surface area contributed by atoms with Crippen LogP contribution >= 0.6 is 25.3 Å². The molecule has 27 nitrogen and oxygen atoms in total. The van der Waals surface area contributed by atoms with Crippen molar-refractivity contribution in [3.8, 4) is 5.75 Å². The van der Waals surface area contributed by atoms with Crippen molar-refractivity contribution in [2.45, 2.75) is 144 Å². The molecule has 1 aliphatic heterocycles. The highest BCUT2D eigenvalue weighted by Crippen LogP contribution is 2.43. The molecule has 0 radical (unpaired) electrons. The Kier molecular flexibility index (Phi) is 26.3. The average molecular weight is 1370 g/mol. The van der Waals surface area contributed by atoms with Crippen LogP contribution < -0.4 is 53.6 Å². The Bertz CT molecular complexity index is 3760. The van der Waals surface area contributed by atoms with E-state index < -0.39 is 120 Å². The number of para-hydroxylation sites is 1. The number of phenolic OH excluding ortho intramolecular Hbond substituents is 1. The van der Waals surface area contributed by atoms with Crippen LogP contribution in [0, 0.1) is 0 Å². The lowest BCUT2D eigenvalue weighted by atomic mass is 9.74. The number of hydrogen-bond donors (Lipinski definition) is 17. The van der Waals surface area contributed by atoms with Crippen molar-refractivity contribution in [3.63, 3.8) is 0 Å². The number of urea groups is 1. The minimum absolute atomic E-state index is 0.00637. The lowest BCUT2D eigenvalue weighted by Crippen LogP contribution is -2.61. The van der Waals surface area contributed by atoms with Crippen LogP contribution in [0.3, 0.4) is 0 Å². The van der Waals surface area contributed by atoms with Crippen molar-refractivity contribution in [3.05, 3.63) is 137 Å². The molecule has 12 atom stereocenters. The highest BCUT2D eigenvalue weighted by atomic mass is 32.1. The number of aromatic hydroxyl groups is 1. The van der Waals surface area contributed by atoms with E-state index in [1.807, 2.05) is 18.2 Å². The lowest BCUT2D eigenvalue weighted by Gasteiger charge is -2.45. The summed E-state index contributed by atoms with van der Waals surface area (Å²) < 4.78 is 0. The third-order valence-electron chi connectivity index (χ3n) is 17.8. The Balaban J connectivity index is 0.970. The Morgan fingerprint density at radius 3 is 1.80 bits per heavy atom. The van der Waals surface area contributed by atoms with Gasteiger partial charge in [0.1, 0.15) is 54.6 Å². The molecule has 1 fully saturated rings. The van der Waals surface area contributed by atoms with E-state index in [-0.39, 0.29) is 73.9 Å². The van der Waals surface area contributed by atoms with Crippen molar-refractivity contribution in [2.75, 3.05) is 45.2 Å². The molecule has 0 saturated carbocycles. The monoisotopic (exact) mass is 1370 g/mol. The number of piperidine rings is 1. The lowest BCUT2D eigenvalue weighted by molar-refractivity contribution is -0.145. The standard InChI is InChI=1S/C68H88N14O13S2/c1-5-47(60(86)78-55(36-97)66(92)80-59(37(2)83)67(93)94)74-61(87)50(19-11-12-25-69)75-64(90)53(28-40-31-70-48-18-10-9-16-44(40)48)77-63(89)52(27-39-21-23-43(84)24-22-39)76-65(91)54(35-96)79-62(88)51(26-38-14-7-6-8-15-38)73-57(85)34-82(4)68(95)72-42-30-46-45-17-13-20-49-58(45)41(32-71-49)29-56(46)81(3)33-42/h6-10,13-18,20-24,31-32,37,42,46-47,50-56,59,70-71,83-84,96-97H,5,11-12,19,25-30,33-36,69H2,1-4H3,(H,72,95)(H,73,85)(H,74,87)(H,75,90)(H,76,91)(H,77,89)(H,78,86)(H,79,88)(H,80,92)(H,93,94)/t37-,42+,46?,47+,50+,51-,52+,53-,54+,55+,56?,59+/m1/s1. The van der Waals surface area contributed by atoms with Gasteiger partial charge in [-0.05, 0) is 111 Å². The molecule has 6 aromatic rings. The normalized spacial score (nSPS) is 17.8. The maximum atomic E-state index is 15.0. The number of likely N-dealkylation sites (N-methyl/N-ethyl adjacent to an activating group) is 2. The fraction of sp³-hybridized carbons (Fsp3) is 0.441.